The van der Waals surface area contributed by atoms with Crippen molar-refractivity contribution >= 4 is 28.1 Å². The molecule has 0 saturated heterocycles. The SMILES string of the molecule is Cc1cc(Br)c(C)cc1N.O=CO. The average Bonchev–Trinajstić information content (AvgIpc) is 2.03. The van der Waals surface area contributed by atoms with Crippen LogP contribution in [0.4, 0.5) is 5.69 Å². The van der Waals surface area contributed by atoms with Crippen LogP contribution in [0.25, 0.3) is 0 Å². The fourth-order valence-corrected chi connectivity index (χ4v) is 1.26. The standard InChI is InChI=1S/C8H10BrN.CH2O2/c1-5-4-8(10)6(2)3-7(5)9;2-1-3/h3-4H,10H2,1-2H3;1H,(H,2,3). The van der Waals surface area contributed by atoms with Gasteiger partial charge >= 0.3 is 0 Å². The molecule has 1 rings (SSSR count). The van der Waals surface area contributed by atoms with E-state index in [-0.39, 0.29) is 6.47 Å². The summed E-state index contributed by atoms with van der Waals surface area (Å²) in [6.07, 6.45) is 0. The van der Waals surface area contributed by atoms with Gasteiger partial charge in [0.15, 0.2) is 0 Å². The second-order valence-electron chi connectivity index (χ2n) is 2.56. The molecule has 3 nitrogen and oxygen atoms in total. The van der Waals surface area contributed by atoms with E-state index in [1.807, 2.05) is 26.0 Å². The summed E-state index contributed by atoms with van der Waals surface area (Å²) in [4.78, 5) is 8.36. The number of hydrogen-bond acceptors (Lipinski definition) is 2. The van der Waals surface area contributed by atoms with Gasteiger partial charge in [0, 0.05) is 10.2 Å². The molecule has 0 heterocycles. The third-order valence-electron chi connectivity index (χ3n) is 1.55. The van der Waals surface area contributed by atoms with Crippen molar-refractivity contribution < 1.29 is 9.90 Å². The van der Waals surface area contributed by atoms with Crippen molar-refractivity contribution in [3.8, 4) is 0 Å². The predicted molar refractivity (Wildman–Crippen MR) is 56.7 cm³/mol. The van der Waals surface area contributed by atoms with Crippen LogP contribution in [0, 0.1) is 13.8 Å². The van der Waals surface area contributed by atoms with Crippen LogP contribution in [-0.4, -0.2) is 11.6 Å². The highest BCUT2D eigenvalue weighted by molar-refractivity contribution is 9.10. The normalized spacial score (nSPS) is 8.54. The van der Waals surface area contributed by atoms with E-state index in [0.29, 0.717) is 0 Å². The maximum atomic E-state index is 8.36. The lowest BCUT2D eigenvalue weighted by Gasteiger charge is -2.02. The van der Waals surface area contributed by atoms with Gasteiger partial charge in [0.05, 0.1) is 0 Å². The van der Waals surface area contributed by atoms with E-state index in [0.717, 1.165) is 15.7 Å². The highest BCUT2D eigenvalue weighted by Gasteiger charge is 1.97. The molecule has 1 aromatic rings. The fraction of sp³-hybridized carbons (Fsp3) is 0.222. The van der Waals surface area contributed by atoms with Crippen LogP contribution in [0.5, 0.6) is 0 Å². The fourth-order valence-electron chi connectivity index (χ4n) is 0.803. The molecule has 13 heavy (non-hydrogen) atoms. The Morgan fingerprint density at radius 1 is 1.38 bits per heavy atom. The Morgan fingerprint density at radius 2 is 1.85 bits per heavy atom. The van der Waals surface area contributed by atoms with Gasteiger partial charge in [-0.2, -0.15) is 0 Å². The van der Waals surface area contributed by atoms with E-state index >= 15 is 0 Å². The number of rotatable bonds is 0. The molecule has 0 bridgehead atoms. The Kier molecular flexibility index (Phi) is 5.14. The zero-order chi connectivity index (χ0) is 10.4. The van der Waals surface area contributed by atoms with Crippen LogP contribution in [0.3, 0.4) is 0 Å². The molecule has 4 heteroatoms. The summed E-state index contributed by atoms with van der Waals surface area (Å²) in [5.74, 6) is 0. The van der Waals surface area contributed by atoms with Gasteiger partial charge in [-0.3, -0.25) is 4.79 Å². The molecule has 0 aromatic heterocycles. The summed E-state index contributed by atoms with van der Waals surface area (Å²) in [5.41, 5.74) is 8.84. The number of aryl methyl sites for hydroxylation is 2. The van der Waals surface area contributed by atoms with Crippen LogP contribution in [0.15, 0.2) is 16.6 Å². The number of carboxylic acid groups (broad SMARTS) is 1. The number of anilines is 1. The number of nitrogens with two attached hydrogens (primary N) is 1. The summed E-state index contributed by atoms with van der Waals surface area (Å²) >= 11 is 3.42. The van der Waals surface area contributed by atoms with Crippen LogP contribution < -0.4 is 5.73 Å². The first kappa shape index (κ1) is 12.0. The van der Waals surface area contributed by atoms with Gasteiger partial charge < -0.3 is 10.8 Å². The Morgan fingerprint density at radius 3 is 2.23 bits per heavy atom. The first-order chi connectivity index (χ1) is 6.02. The van der Waals surface area contributed by atoms with Crippen LogP contribution in [0.2, 0.25) is 0 Å². The Hall–Kier alpha value is -1.03. The number of carbonyl (C=O) groups is 1. The lowest BCUT2D eigenvalue weighted by atomic mass is 10.1. The van der Waals surface area contributed by atoms with E-state index in [9.17, 15) is 0 Å². The Balaban J connectivity index is 0.000000424. The first-order valence-electron chi connectivity index (χ1n) is 3.63. The highest BCUT2D eigenvalue weighted by Crippen LogP contribution is 2.21. The second kappa shape index (κ2) is 5.59. The van der Waals surface area contributed by atoms with Crippen molar-refractivity contribution in [3.05, 3.63) is 27.7 Å². The second-order valence-corrected chi connectivity index (χ2v) is 3.42. The monoisotopic (exact) mass is 245 g/mol. The molecule has 0 atom stereocenters. The van der Waals surface area contributed by atoms with Crippen molar-refractivity contribution in [2.75, 3.05) is 5.73 Å². The van der Waals surface area contributed by atoms with Gasteiger partial charge in [0.25, 0.3) is 6.47 Å². The molecule has 0 aliphatic carbocycles. The van der Waals surface area contributed by atoms with Gasteiger partial charge in [-0.05, 0) is 37.1 Å². The van der Waals surface area contributed by atoms with E-state index in [1.165, 1.54) is 5.56 Å². The number of hydrogen-bond donors (Lipinski definition) is 2. The molecular formula is C9H12BrNO2. The minimum Gasteiger partial charge on any atom is -0.483 e. The summed E-state index contributed by atoms with van der Waals surface area (Å²) < 4.78 is 1.12. The van der Waals surface area contributed by atoms with Crippen molar-refractivity contribution in [2.45, 2.75) is 13.8 Å². The lowest BCUT2D eigenvalue weighted by Crippen LogP contribution is -1.90. The van der Waals surface area contributed by atoms with Crippen molar-refractivity contribution in [3.63, 3.8) is 0 Å². The van der Waals surface area contributed by atoms with Gasteiger partial charge in [-0.15, -0.1) is 0 Å². The lowest BCUT2D eigenvalue weighted by molar-refractivity contribution is -0.122. The maximum absolute atomic E-state index is 8.36. The zero-order valence-electron chi connectivity index (χ0n) is 7.54. The van der Waals surface area contributed by atoms with Crippen molar-refractivity contribution in [1.82, 2.24) is 0 Å². The first-order valence-corrected chi connectivity index (χ1v) is 4.42. The predicted octanol–water partition coefficient (Wildman–Crippen LogP) is 2.35. The number of benzene rings is 1. The molecule has 0 saturated carbocycles. The zero-order valence-corrected chi connectivity index (χ0v) is 9.13. The third-order valence-corrected chi connectivity index (χ3v) is 2.40. The third kappa shape index (κ3) is 3.94. The van der Waals surface area contributed by atoms with Crippen molar-refractivity contribution in [2.24, 2.45) is 0 Å². The topological polar surface area (TPSA) is 63.3 Å². The summed E-state index contributed by atoms with van der Waals surface area (Å²) in [6, 6.07) is 4.00. The number of halogens is 1. The van der Waals surface area contributed by atoms with Gasteiger partial charge in [0.2, 0.25) is 0 Å². The van der Waals surface area contributed by atoms with Crippen LogP contribution in [0.1, 0.15) is 11.1 Å². The van der Waals surface area contributed by atoms with E-state index in [1.54, 1.807) is 0 Å². The molecule has 3 N–H and O–H groups in total. The molecule has 0 spiro atoms. The Bertz CT molecular complexity index is 250. The maximum Gasteiger partial charge on any atom is 0.290 e. The van der Waals surface area contributed by atoms with Gasteiger partial charge in [0.1, 0.15) is 0 Å². The quantitative estimate of drug-likeness (QED) is 0.545. The van der Waals surface area contributed by atoms with Crippen LogP contribution in [-0.2, 0) is 4.79 Å². The molecule has 0 radical (unpaired) electrons. The van der Waals surface area contributed by atoms with E-state index in [4.69, 9.17) is 15.6 Å². The largest absolute Gasteiger partial charge is 0.483 e. The Labute approximate surface area is 85.7 Å². The minimum absolute atomic E-state index is 0.250. The molecule has 0 amide bonds. The van der Waals surface area contributed by atoms with E-state index < -0.39 is 0 Å². The smallest absolute Gasteiger partial charge is 0.290 e. The molecular weight excluding hydrogens is 234 g/mol. The molecule has 0 aliphatic rings. The molecule has 0 unspecified atom stereocenters. The van der Waals surface area contributed by atoms with Crippen LogP contribution >= 0.6 is 15.9 Å². The molecule has 0 aliphatic heterocycles. The van der Waals surface area contributed by atoms with E-state index in [2.05, 4.69) is 15.9 Å². The summed E-state index contributed by atoms with van der Waals surface area (Å²) in [6.45, 7) is 3.78. The molecule has 0 fully saturated rings. The molecule has 72 valence electrons. The summed E-state index contributed by atoms with van der Waals surface area (Å²) in [5, 5.41) is 6.89. The van der Waals surface area contributed by atoms with Gasteiger partial charge in [-0.25, -0.2) is 0 Å². The van der Waals surface area contributed by atoms with Crippen molar-refractivity contribution in [1.29, 1.82) is 0 Å². The average molecular weight is 246 g/mol. The highest BCUT2D eigenvalue weighted by atomic mass is 79.9. The minimum atomic E-state index is -0.250. The summed E-state index contributed by atoms with van der Waals surface area (Å²) in [7, 11) is 0. The number of nitrogen functional groups attached to an aromatic ring is 1. The van der Waals surface area contributed by atoms with Gasteiger partial charge in [-0.1, -0.05) is 15.9 Å². The molecule has 1 aromatic carbocycles.